The summed E-state index contributed by atoms with van der Waals surface area (Å²) in [7, 11) is 0. The molecule has 0 spiro atoms. The molecule has 1 aliphatic rings. The highest BCUT2D eigenvalue weighted by Gasteiger charge is 2.45. The summed E-state index contributed by atoms with van der Waals surface area (Å²) >= 11 is 0. The summed E-state index contributed by atoms with van der Waals surface area (Å²) in [6.07, 6.45) is 8.76. The third-order valence-electron chi connectivity index (χ3n) is 5.11. The summed E-state index contributed by atoms with van der Waals surface area (Å²) in [5.74, 6) is -0.578. The second-order valence-corrected chi connectivity index (χ2v) is 7.63. The lowest BCUT2D eigenvalue weighted by Crippen LogP contribution is -2.40. The number of hydrogen-bond donors (Lipinski definition) is 3. The number of halogens is 1. The summed E-state index contributed by atoms with van der Waals surface area (Å²) in [6, 6.07) is 8.46. The quantitative estimate of drug-likeness (QED) is 0.384. The number of aromatic nitrogens is 3. The van der Waals surface area contributed by atoms with Crippen LogP contribution < -0.4 is 10.7 Å². The fourth-order valence-corrected chi connectivity index (χ4v) is 3.31. The Morgan fingerprint density at radius 1 is 1.32 bits per heavy atom. The highest BCUT2D eigenvalue weighted by Crippen LogP contribution is 2.38. The van der Waals surface area contributed by atoms with Crippen LogP contribution in [0.4, 0.5) is 10.1 Å². The molecule has 1 amide bonds. The molecule has 1 aromatic carbocycles. The number of rotatable bonds is 8. The lowest BCUT2D eigenvalue weighted by atomic mass is 10.1. The number of aryl methyl sites for hydroxylation is 1. The van der Waals surface area contributed by atoms with Gasteiger partial charge in [0.25, 0.3) is 5.91 Å². The van der Waals surface area contributed by atoms with Crippen LogP contribution in [-0.4, -0.2) is 38.6 Å². The van der Waals surface area contributed by atoms with Crippen LogP contribution in [0.5, 0.6) is 0 Å². The SMILES string of the molecule is Cc1ccc(N/N=C\C=N)c(C(=O)NC2(Cn3cc(-c4ccc(F)cn4)cn3)CC2)c1. The summed E-state index contributed by atoms with van der Waals surface area (Å²) in [6.45, 7) is 2.45. The summed E-state index contributed by atoms with van der Waals surface area (Å²) < 4.78 is 14.9. The van der Waals surface area contributed by atoms with Gasteiger partial charge in [0.2, 0.25) is 0 Å². The molecular formula is C22H22FN7O. The molecule has 3 N–H and O–H groups in total. The van der Waals surface area contributed by atoms with E-state index in [1.807, 2.05) is 19.2 Å². The van der Waals surface area contributed by atoms with E-state index in [0.717, 1.165) is 30.2 Å². The van der Waals surface area contributed by atoms with Crippen LogP contribution >= 0.6 is 0 Å². The van der Waals surface area contributed by atoms with Gasteiger partial charge in [0.15, 0.2) is 0 Å². The highest BCUT2D eigenvalue weighted by atomic mass is 19.1. The van der Waals surface area contributed by atoms with Crippen LogP contribution in [0.3, 0.4) is 0 Å². The Morgan fingerprint density at radius 2 is 2.16 bits per heavy atom. The van der Waals surface area contributed by atoms with Crippen LogP contribution in [0.1, 0.15) is 28.8 Å². The van der Waals surface area contributed by atoms with E-state index in [4.69, 9.17) is 5.41 Å². The number of nitrogens with one attached hydrogen (secondary N) is 3. The van der Waals surface area contributed by atoms with Crippen molar-refractivity contribution in [1.29, 1.82) is 5.41 Å². The van der Waals surface area contributed by atoms with E-state index in [2.05, 4.69) is 25.9 Å². The van der Waals surface area contributed by atoms with Gasteiger partial charge in [-0.2, -0.15) is 10.2 Å². The molecule has 3 aromatic rings. The van der Waals surface area contributed by atoms with E-state index in [-0.39, 0.29) is 17.3 Å². The average molecular weight is 419 g/mol. The molecular weight excluding hydrogens is 397 g/mol. The van der Waals surface area contributed by atoms with Crippen molar-refractivity contribution in [3.8, 4) is 11.3 Å². The van der Waals surface area contributed by atoms with E-state index < -0.39 is 0 Å². The van der Waals surface area contributed by atoms with Crippen molar-refractivity contribution in [2.75, 3.05) is 5.43 Å². The number of anilines is 1. The van der Waals surface area contributed by atoms with E-state index in [1.165, 1.54) is 18.5 Å². The Bertz CT molecular complexity index is 1130. The summed E-state index contributed by atoms with van der Waals surface area (Å²) in [5, 5.41) is 18.5. The van der Waals surface area contributed by atoms with Gasteiger partial charge in [-0.3, -0.25) is 19.9 Å². The van der Waals surface area contributed by atoms with Crippen molar-refractivity contribution < 1.29 is 9.18 Å². The molecule has 31 heavy (non-hydrogen) atoms. The molecule has 1 saturated carbocycles. The number of pyridine rings is 1. The number of hydrogen-bond acceptors (Lipinski definition) is 6. The van der Waals surface area contributed by atoms with Gasteiger partial charge in [-0.1, -0.05) is 11.6 Å². The normalized spacial score (nSPS) is 14.4. The first-order valence-corrected chi connectivity index (χ1v) is 9.84. The largest absolute Gasteiger partial charge is 0.345 e. The molecule has 9 heteroatoms. The summed E-state index contributed by atoms with van der Waals surface area (Å²) in [4.78, 5) is 17.1. The Labute approximate surface area is 178 Å². The molecule has 2 aromatic heterocycles. The van der Waals surface area contributed by atoms with Gasteiger partial charge in [0, 0.05) is 18.0 Å². The average Bonchev–Trinajstić information content (AvgIpc) is 3.34. The zero-order valence-electron chi connectivity index (χ0n) is 17.0. The first kappa shape index (κ1) is 20.4. The van der Waals surface area contributed by atoms with Crippen molar-refractivity contribution in [2.45, 2.75) is 31.8 Å². The van der Waals surface area contributed by atoms with Crippen molar-refractivity contribution in [3.63, 3.8) is 0 Å². The molecule has 8 nitrogen and oxygen atoms in total. The van der Waals surface area contributed by atoms with Crippen LogP contribution in [-0.2, 0) is 6.54 Å². The van der Waals surface area contributed by atoms with Gasteiger partial charge >= 0.3 is 0 Å². The third kappa shape index (κ3) is 4.82. The molecule has 158 valence electrons. The Morgan fingerprint density at radius 3 is 2.87 bits per heavy atom. The number of carbonyl (C=O) groups is 1. The maximum atomic E-state index is 13.1. The first-order valence-electron chi connectivity index (χ1n) is 9.84. The number of benzene rings is 1. The smallest absolute Gasteiger partial charge is 0.253 e. The van der Waals surface area contributed by atoms with Gasteiger partial charge in [-0.15, -0.1) is 0 Å². The van der Waals surface area contributed by atoms with Crippen molar-refractivity contribution in [1.82, 2.24) is 20.1 Å². The van der Waals surface area contributed by atoms with Gasteiger partial charge < -0.3 is 10.7 Å². The Kier molecular flexibility index (Phi) is 5.57. The minimum Gasteiger partial charge on any atom is -0.345 e. The number of hydrazone groups is 1. The molecule has 1 fully saturated rings. The third-order valence-corrected chi connectivity index (χ3v) is 5.11. The molecule has 2 heterocycles. The van der Waals surface area contributed by atoms with Crippen LogP contribution in [0.2, 0.25) is 0 Å². The van der Waals surface area contributed by atoms with Crippen LogP contribution in [0.15, 0.2) is 54.0 Å². The predicted octanol–water partition coefficient (Wildman–Crippen LogP) is 3.40. The monoisotopic (exact) mass is 419 g/mol. The zero-order valence-corrected chi connectivity index (χ0v) is 17.0. The standard InChI is InChI=1S/C22H22FN7O/c1-15-2-4-20(29-26-9-8-24)18(10-15)21(31)28-22(6-7-22)14-30-13-16(11-27-30)19-5-3-17(23)12-25-19/h2-5,8-13,24,29H,6-7,14H2,1H3,(H,28,31)/b24-8?,26-9-. The molecule has 4 rings (SSSR count). The van der Waals surface area contributed by atoms with Crippen molar-refractivity contribution >= 4 is 24.0 Å². The maximum Gasteiger partial charge on any atom is 0.253 e. The van der Waals surface area contributed by atoms with E-state index >= 15 is 0 Å². The first-order chi connectivity index (χ1) is 15.0. The zero-order chi connectivity index (χ0) is 21.8. The Balaban J connectivity index is 1.47. The minimum absolute atomic E-state index is 0.193. The van der Waals surface area contributed by atoms with Gasteiger partial charge in [-0.25, -0.2) is 4.39 Å². The summed E-state index contributed by atoms with van der Waals surface area (Å²) in [5.41, 5.74) is 5.89. The molecule has 0 saturated heterocycles. The number of nitrogens with zero attached hydrogens (tertiary/aromatic N) is 4. The van der Waals surface area contributed by atoms with Gasteiger partial charge in [0.1, 0.15) is 5.82 Å². The molecule has 0 aliphatic heterocycles. The molecule has 0 bridgehead atoms. The highest BCUT2D eigenvalue weighted by molar-refractivity contribution is 6.14. The molecule has 0 radical (unpaired) electrons. The topological polar surface area (TPSA) is 108 Å². The van der Waals surface area contributed by atoms with Gasteiger partial charge in [0.05, 0.1) is 47.6 Å². The lowest BCUT2D eigenvalue weighted by Gasteiger charge is -2.19. The maximum absolute atomic E-state index is 13.1. The molecule has 0 unspecified atom stereocenters. The van der Waals surface area contributed by atoms with Gasteiger partial charge in [-0.05, 0) is 44.0 Å². The van der Waals surface area contributed by atoms with Crippen LogP contribution in [0.25, 0.3) is 11.3 Å². The number of amides is 1. The fourth-order valence-electron chi connectivity index (χ4n) is 3.31. The minimum atomic E-state index is -0.385. The number of carbonyl (C=O) groups excluding carboxylic acids is 1. The Hall–Kier alpha value is -3.88. The van der Waals surface area contributed by atoms with E-state index in [9.17, 15) is 9.18 Å². The second kappa shape index (κ2) is 8.47. The van der Waals surface area contributed by atoms with E-state index in [0.29, 0.717) is 23.5 Å². The molecule has 1 aliphatic carbocycles. The van der Waals surface area contributed by atoms with E-state index in [1.54, 1.807) is 29.1 Å². The van der Waals surface area contributed by atoms with Crippen molar-refractivity contribution in [2.24, 2.45) is 5.10 Å². The fraction of sp³-hybridized carbons (Fsp3) is 0.227. The lowest BCUT2D eigenvalue weighted by molar-refractivity contribution is 0.0926. The second-order valence-electron chi connectivity index (χ2n) is 7.63. The van der Waals surface area contributed by atoms with Crippen LogP contribution in [0, 0.1) is 18.2 Å². The molecule has 0 atom stereocenters. The predicted molar refractivity (Wildman–Crippen MR) is 117 cm³/mol. The van der Waals surface area contributed by atoms with Crippen molar-refractivity contribution in [3.05, 3.63) is 65.9 Å².